The fourth-order valence-corrected chi connectivity index (χ4v) is 3.16. The molecule has 1 atom stereocenters. The number of nitrogens with one attached hydrogen (secondary N) is 2. The van der Waals surface area contributed by atoms with Crippen molar-refractivity contribution in [3.05, 3.63) is 71.1 Å². The van der Waals surface area contributed by atoms with Crippen LogP contribution in [0.3, 0.4) is 0 Å². The first-order valence-corrected chi connectivity index (χ1v) is 8.97. The maximum Gasteiger partial charge on any atom is 0.328 e. The lowest BCUT2D eigenvalue weighted by molar-refractivity contribution is -0.131. The Bertz CT molecular complexity index is 693. The first kappa shape index (κ1) is 21.6. The van der Waals surface area contributed by atoms with Gasteiger partial charge in [0.1, 0.15) is 0 Å². The molecule has 0 heterocycles. The summed E-state index contributed by atoms with van der Waals surface area (Å²) in [5, 5.41) is 15.3. The van der Waals surface area contributed by atoms with Crippen LogP contribution in [-0.4, -0.2) is 23.7 Å². The highest BCUT2D eigenvalue weighted by Crippen LogP contribution is 2.35. The summed E-state index contributed by atoms with van der Waals surface area (Å²) in [6.07, 6.45) is 14.5. The summed E-state index contributed by atoms with van der Waals surface area (Å²) in [5.74, 6) is -0.105. The Morgan fingerprint density at radius 1 is 1.27 bits per heavy atom. The molecule has 0 saturated carbocycles. The van der Waals surface area contributed by atoms with Crippen LogP contribution < -0.4 is 10.6 Å². The standard InChI is InChI=1S/C22H32N2O2/c1-16(9-7-10-17(2)15-21(25)26)12-13-20-18(3)11-8-14-22(20,5)24-19(4)23-6/h7,9-10,12-13,15,23-24H,4,8,11,14H2,1-3,5-6H3,(H,25,26)/b10-7+,13-12+,16-9+,17-15+/t22-/m0/s1. The number of carboxylic acids is 1. The van der Waals surface area contributed by atoms with Crippen molar-refractivity contribution in [3.8, 4) is 0 Å². The van der Waals surface area contributed by atoms with Gasteiger partial charge >= 0.3 is 5.97 Å². The fraction of sp³-hybridized carbons (Fsp3) is 0.409. The van der Waals surface area contributed by atoms with Crippen LogP contribution in [0.25, 0.3) is 0 Å². The zero-order chi connectivity index (χ0) is 19.7. The van der Waals surface area contributed by atoms with Crippen molar-refractivity contribution >= 4 is 5.97 Å². The predicted octanol–water partition coefficient (Wildman–Crippen LogP) is 4.62. The highest BCUT2D eigenvalue weighted by molar-refractivity contribution is 5.81. The van der Waals surface area contributed by atoms with Crippen molar-refractivity contribution in [1.29, 1.82) is 0 Å². The highest BCUT2D eigenvalue weighted by Gasteiger charge is 2.31. The third-order valence-corrected chi connectivity index (χ3v) is 4.59. The number of allylic oxidation sites excluding steroid dienone is 7. The van der Waals surface area contributed by atoms with Gasteiger partial charge in [-0.05, 0) is 58.1 Å². The minimum absolute atomic E-state index is 0.129. The molecule has 0 aromatic rings. The zero-order valence-corrected chi connectivity index (χ0v) is 16.6. The summed E-state index contributed by atoms with van der Waals surface area (Å²) in [6.45, 7) is 12.2. The molecule has 1 aliphatic rings. The zero-order valence-electron chi connectivity index (χ0n) is 16.6. The predicted molar refractivity (Wildman–Crippen MR) is 110 cm³/mol. The monoisotopic (exact) mass is 356 g/mol. The molecule has 1 aliphatic carbocycles. The molecular weight excluding hydrogens is 324 g/mol. The van der Waals surface area contributed by atoms with E-state index in [4.69, 9.17) is 5.11 Å². The van der Waals surface area contributed by atoms with Crippen molar-refractivity contribution in [1.82, 2.24) is 10.6 Å². The topological polar surface area (TPSA) is 61.4 Å². The molecule has 0 spiro atoms. The maximum absolute atomic E-state index is 10.6. The fourth-order valence-electron chi connectivity index (χ4n) is 3.16. The van der Waals surface area contributed by atoms with E-state index >= 15 is 0 Å². The van der Waals surface area contributed by atoms with E-state index in [0.717, 1.165) is 30.7 Å². The molecule has 4 nitrogen and oxygen atoms in total. The van der Waals surface area contributed by atoms with Crippen molar-refractivity contribution in [3.63, 3.8) is 0 Å². The summed E-state index contributed by atoms with van der Waals surface area (Å²) in [6, 6.07) is 0. The normalized spacial score (nSPS) is 22.2. The lowest BCUT2D eigenvalue weighted by atomic mass is 9.77. The summed E-state index contributed by atoms with van der Waals surface area (Å²) in [4.78, 5) is 10.6. The Labute approximate surface area is 157 Å². The van der Waals surface area contributed by atoms with E-state index in [-0.39, 0.29) is 5.54 Å². The van der Waals surface area contributed by atoms with Gasteiger partial charge in [0.15, 0.2) is 0 Å². The van der Waals surface area contributed by atoms with Crippen molar-refractivity contribution < 1.29 is 9.90 Å². The highest BCUT2D eigenvalue weighted by atomic mass is 16.4. The number of hydrogen-bond acceptors (Lipinski definition) is 3. The summed E-state index contributed by atoms with van der Waals surface area (Å²) >= 11 is 0. The van der Waals surface area contributed by atoms with Crippen molar-refractivity contribution in [2.24, 2.45) is 0 Å². The number of aliphatic carboxylic acids is 1. The van der Waals surface area contributed by atoms with Gasteiger partial charge in [0.2, 0.25) is 0 Å². The Balaban J connectivity index is 2.94. The van der Waals surface area contributed by atoms with E-state index in [1.807, 2.05) is 26.1 Å². The smallest absolute Gasteiger partial charge is 0.328 e. The quantitative estimate of drug-likeness (QED) is 0.439. The van der Waals surface area contributed by atoms with Crippen LogP contribution in [0.2, 0.25) is 0 Å². The van der Waals surface area contributed by atoms with E-state index in [0.29, 0.717) is 5.57 Å². The Morgan fingerprint density at radius 2 is 1.96 bits per heavy atom. The molecule has 1 rings (SSSR count). The van der Waals surface area contributed by atoms with Gasteiger partial charge in [0, 0.05) is 13.1 Å². The minimum atomic E-state index is -0.928. The third kappa shape index (κ3) is 6.79. The van der Waals surface area contributed by atoms with Crippen LogP contribution in [-0.2, 0) is 4.79 Å². The SMILES string of the molecule is C=C(NC)N[C@@]1(C)CCCC(C)=C1/C=C/C(C)=C/C=C/C(C)=C/C(=O)O. The first-order valence-electron chi connectivity index (χ1n) is 8.97. The van der Waals surface area contributed by atoms with E-state index in [1.54, 1.807) is 13.0 Å². The average molecular weight is 357 g/mol. The second kappa shape index (κ2) is 9.85. The van der Waals surface area contributed by atoms with Crippen molar-refractivity contribution in [2.75, 3.05) is 7.05 Å². The van der Waals surface area contributed by atoms with E-state index in [9.17, 15) is 4.79 Å². The molecule has 0 unspecified atom stereocenters. The molecule has 0 bridgehead atoms. The van der Waals surface area contributed by atoms with E-state index < -0.39 is 5.97 Å². The van der Waals surface area contributed by atoms with Crippen LogP contribution in [0.5, 0.6) is 0 Å². The van der Waals surface area contributed by atoms with E-state index in [2.05, 4.69) is 43.2 Å². The van der Waals surface area contributed by atoms with Gasteiger partial charge in [-0.2, -0.15) is 0 Å². The van der Waals surface area contributed by atoms with Gasteiger partial charge in [-0.3, -0.25) is 0 Å². The lowest BCUT2D eigenvalue weighted by Gasteiger charge is -2.38. The molecule has 142 valence electrons. The molecule has 0 amide bonds. The Morgan fingerprint density at radius 3 is 2.58 bits per heavy atom. The minimum Gasteiger partial charge on any atom is -0.478 e. The first-order chi connectivity index (χ1) is 12.2. The van der Waals surface area contributed by atoms with Gasteiger partial charge in [0.25, 0.3) is 0 Å². The molecule has 4 heteroatoms. The second-order valence-corrected chi connectivity index (χ2v) is 7.06. The molecule has 0 radical (unpaired) electrons. The molecule has 26 heavy (non-hydrogen) atoms. The lowest BCUT2D eigenvalue weighted by Crippen LogP contribution is -2.47. The number of hydrogen-bond donors (Lipinski definition) is 3. The van der Waals surface area contributed by atoms with E-state index in [1.165, 1.54) is 17.2 Å². The van der Waals surface area contributed by atoms with Crippen LogP contribution in [0.4, 0.5) is 0 Å². The van der Waals surface area contributed by atoms with Gasteiger partial charge in [-0.15, -0.1) is 0 Å². The van der Waals surface area contributed by atoms with Gasteiger partial charge in [-0.1, -0.05) is 48.1 Å². The summed E-state index contributed by atoms with van der Waals surface area (Å²) in [7, 11) is 1.87. The van der Waals surface area contributed by atoms with Crippen LogP contribution >= 0.6 is 0 Å². The number of carboxylic acid groups (broad SMARTS) is 1. The van der Waals surface area contributed by atoms with Gasteiger partial charge in [-0.25, -0.2) is 4.79 Å². The largest absolute Gasteiger partial charge is 0.478 e. The maximum atomic E-state index is 10.6. The van der Waals surface area contributed by atoms with Crippen molar-refractivity contribution in [2.45, 2.75) is 52.5 Å². The van der Waals surface area contributed by atoms with Gasteiger partial charge in [0.05, 0.1) is 11.4 Å². The van der Waals surface area contributed by atoms with Gasteiger partial charge < -0.3 is 15.7 Å². The third-order valence-electron chi connectivity index (χ3n) is 4.59. The summed E-state index contributed by atoms with van der Waals surface area (Å²) in [5.41, 5.74) is 4.38. The average Bonchev–Trinajstić information content (AvgIpc) is 2.53. The molecule has 0 aromatic carbocycles. The number of rotatable bonds is 8. The molecule has 0 aliphatic heterocycles. The van der Waals surface area contributed by atoms with Crippen LogP contribution in [0.1, 0.15) is 47.0 Å². The number of carbonyl (C=O) groups is 1. The Hall–Kier alpha value is -2.49. The van der Waals surface area contributed by atoms with Crippen LogP contribution in [0, 0.1) is 0 Å². The molecule has 0 fully saturated rings. The second-order valence-electron chi connectivity index (χ2n) is 7.06. The molecular formula is C22H32N2O2. The molecule has 0 aromatic heterocycles. The summed E-state index contributed by atoms with van der Waals surface area (Å²) < 4.78 is 0. The molecule has 0 saturated heterocycles. The van der Waals surface area contributed by atoms with Crippen LogP contribution in [0.15, 0.2) is 71.1 Å². The molecule has 3 N–H and O–H groups in total. The Kier molecular flexibility index (Phi) is 8.17.